The lowest BCUT2D eigenvalue weighted by Crippen LogP contribution is -2.06. The molecule has 0 spiro atoms. The first-order valence-corrected chi connectivity index (χ1v) is 15.5. The van der Waals surface area contributed by atoms with Crippen molar-refractivity contribution in [1.82, 2.24) is 0 Å². The van der Waals surface area contributed by atoms with Gasteiger partial charge in [0.2, 0.25) is 25.1 Å². The summed E-state index contributed by atoms with van der Waals surface area (Å²) in [7, 11) is -3.85. The minimum Gasteiger partial charge on any atom is -0.486 e. The second-order valence-corrected chi connectivity index (χ2v) is 13.2. The summed E-state index contributed by atoms with van der Waals surface area (Å²) in [6.07, 6.45) is 0.492. The van der Waals surface area contributed by atoms with Crippen molar-refractivity contribution in [1.29, 1.82) is 0 Å². The minimum absolute atomic E-state index is 0.0200. The molecule has 0 unspecified atom stereocenters. The fraction of sp³-hybridized carbons (Fsp3) is 0.321. The minimum atomic E-state index is -3.85. The van der Waals surface area contributed by atoms with Crippen molar-refractivity contribution in [3.63, 3.8) is 0 Å². The van der Waals surface area contributed by atoms with Crippen LogP contribution in [0.2, 0.25) is 10.6 Å². The van der Waals surface area contributed by atoms with Crippen LogP contribution >= 0.6 is 0 Å². The van der Waals surface area contributed by atoms with Gasteiger partial charge >= 0.3 is 0 Å². The van der Waals surface area contributed by atoms with Crippen molar-refractivity contribution in [2.24, 2.45) is 11.8 Å². The van der Waals surface area contributed by atoms with E-state index in [0.717, 1.165) is 24.0 Å². The average Bonchev–Trinajstić information content (AvgIpc) is 2.83. The van der Waals surface area contributed by atoms with Crippen molar-refractivity contribution >= 4 is 31.3 Å². The third-order valence-corrected chi connectivity index (χ3v) is 10.4. The summed E-state index contributed by atoms with van der Waals surface area (Å²) in [4.78, 5) is 11.0. The van der Waals surface area contributed by atoms with Gasteiger partial charge in [0.25, 0.3) is 0 Å². The van der Waals surface area contributed by atoms with Crippen molar-refractivity contribution in [3.05, 3.63) is 89.5 Å². The van der Waals surface area contributed by atoms with Crippen LogP contribution in [0.3, 0.4) is 0 Å². The van der Waals surface area contributed by atoms with Crippen LogP contribution < -0.4 is 4.74 Å². The van der Waals surface area contributed by atoms with Gasteiger partial charge in [-0.3, -0.25) is 4.79 Å². The molecule has 0 N–H and O–H groups in total. The van der Waals surface area contributed by atoms with Crippen LogP contribution in [0.25, 0.3) is 0 Å². The molecule has 0 fully saturated rings. The summed E-state index contributed by atoms with van der Waals surface area (Å²) in [5.41, 5.74) is 0.679. The summed E-state index contributed by atoms with van der Waals surface area (Å²) < 4.78 is 57.1. The molecule has 0 aliphatic rings. The third-order valence-electron chi connectivity index (χ3n) is 5.42. The number of carbonyl (C=O) groups excluding carboxylic acids is 1. The molecule has 0 amide bonds. The second kappa shape index (κ2) is 14.3. The van der Waals surface area contributed by atoms with E-state index in [9.17, 15) is 22.0 Å². The Bertz CT molecular complexity index is 1220. The van der Waals surface area contributed by atoms with E-state index in [0.29, 0.717) is 27.1 Å². The Morgan fingerprint density at radius 1 is 0.889 bits per heavy atom. The number of hydrogen-bond acceptors (Lipinski definition) is 4. The van der Waals surface area contributed by atoms with E-state index in [1.807, 2.05) is 0 Å². The molecule has 3 aromatic rings. The number of halogens is 2. The van der Waals surface area contributed by atoms with Gasteiger partial charge < -0.3 is 4.74 Å². The van der Waals surface area contributed by atoms with E-state index in [2.05, 4.69) is 27.7 Å². The van der Waals surface area contributed by atoms with Gasteiger partial charge in [-0.1, -0.05) is 80.4 Å². The SMILES string of the molecule is CC(C)[CH2][AlH][CH2]C(C)C.O=Cc1ccccc1S(=O)(=O)c1ccc(COc2ccc(F)cc2F)cc1. The van der Waals surface area contributed by atoms with Crippen LogP contribution in [-0.2, 0) is 16.4 Å². The molecule has 0 aromatic heterocycles. The molecule has 0 bridgehead atoms. The Morgan fingerprint density at radius 3 is 2.06 bits per heavy atom. The Kier molecular flexibility index (Phi) is 11.8. The predicted molar refractivity (Wildman–Crippen MR) is 141 cm³/mol. The Labute approximate surface area is 219 Å². The van der Waals surface area contributed by atoms with Crippen LogP contribution in [0.1, 0.15) is 43.6 Å². The van der Waals surface area contributed by atoms with Crippen LogP contribution in [0, 0.1) is 23.5 Å². The van der Waals surface area contributed by atoms with E-state index >= 15 is 0 Å². The Morgan fingerprint density at radius 2 is 1.50 bits per heavy atom. The lowest BCUT2D eigenvalue weighted by molar-refractivity contribution is 0.112. The molecule has 0 heterocycles. The zero-order valence-electron chi connectivity index (χ0n) is 21.2. The number of rotatable bonds is 10. The largest absolute Gasteiger partial charge is 0.486 e. The second-order valence-electron chi connectivity index (χ2n) is 9.39. The molecule has 0 saturated heterocycles. The molecule has 0 atom stereocenters. The maximum Gasteiger partial charge on any atom is 0.237 e. The van der Waals surface area contributed by atoms with Crippen molar-refractivity contribution < 1.29 is 26.7 Å². The van der Waals surface area contributed by atoms with Crippen molar-refractivity contribution in [3.8, 4) is 5.75 Å². The number of carbonyl (C=O) groups is 1. The van der Waals surface area contributed by atoms with E-state index < -0.39 is 21.5 Å². The summed E-state index contributed by atoms with van der Waals surface area (Å²) in [5.74, 6) is 0.281. The first-order valence-electron chi connectivity index (χ1n) is 12.0. The molecule has 8 heteroatoms. The summed E-state index contributed by atoms with van der Waals surface area (Å²) >= 11 is 0.316. The van der Waals surface area contributed by atoms with Gasteiger partial charge in [0.15, 0.2) is 17.9 Å². The highest BCUT2D eigenvalue weighted by molar-refractivity contribution is 7.91. The van der Waals surface area contributed by atoms with E-state index in [-0.39, 0.29) is 27.7 Å². The fourth-order valence-electron chi connectivity index (χ4n) is 3.40. The smallest absolute Gasteiger partial charge is 0.237 e. The molecular formula is C28H33AlF2O4S. The summed E-state index contributed by atoms with van der Waals surface area (Å²) in [6, 6.07) is 14.7. The lowest BCUT2D eigenvalue weighted by Gasteiger charge is -2.09. The number of sulfone groups is 1. The number of hydrogen-bond donors (Lipinski definition) is 0. The topological polar surface area (TPSA) is 60.4 Å². The highest BCUT2D eigenvalue weighted by Gasteiger charge is 2.20. The average molecular weight is 531 g/mol. The van der Waals surface area contributed by atoms with Gasteiger partial charge in [-0.25, -0.2) is 17.2 Å². The number of aldehydes is 1. The molecule has 0 aliphatic heterocycles. The molecule has 0 saturated carbocycles. The van der Waals surface area contributed by atoms with Gasteiger partial charge in [-0.15, -0.1) is 0 Å². The molecule has 3 rings (SSSR count). The Balaban J connectivity index is 0.000000434. The van der Waals surface area contributed by atoms with Crippen LogP contribution in [0.5, 0.6) is 5.75 Å². The van der Waals surface area contributed by atoms with Gasteiger partial charge in [0.05, 0.1) is 9.79 Å². The molecule has 4 nitrogen and oxygen atoms in total. The number of benzene rings is 3. The standard InChI is InChI=1S/C20H14F2O4S.2C4H9.Al.H/c21-16-7-10-19(18(22)11-16)26-13-14-5-8-17(9-6-14)27(24,25)20-4-2-1-3-15(20)12-23;2*1-4(2)3;;/h1-12H,13H2;2*4H,1H2,2-3H3;;. The predicted octanol–water partition coefficient (Wildman–Crippen LogP) is 6.76. The normalized spacial score (nSPS) is 11.1. The fourth-order valence-corrected chi connectivity index (χ4v) is 6.70. The van der Waals surface area contributed by atoms with Gasteiger partial charge in [0.1, 0.15) is 12.4 Å². The van der Waals surface area contributed by atoms with Gasteiger partial charge in [-0.05, 0) is 35.9 Å². The highest BCUT2D eigenvalue weighted by Crippen LogP contribution is 2.24. The molecule has 3 aromatic carbocycles. The quantitative estimate of drug-likeness (QED) is 0.215. The summed E-state index contributed by atoms with van der Waals surface area (Å²) in [6.45, 7) is 9.29. The zero-order chi connectivity index (χ0) is 26.7. The van der Waals surface area contributed by atoms with Crippen LogP contribution in [0.4, 0.5) is 8.78 Å². The lowest BCUT2D eigenvalue weighted by atomic mass is 10.2. The number of ether oxygens (including phenoxy) is 1. The molecule has 192 valence electrons. The highest BCUT2D eigenvalue weighted by atomic mass is 32.2. The van der Waals surface area contributed by atoms with E-state index in [1.165, 1.54) is 53.0 Å². The molecule has 0 aliphatic carbocycles. The maximum absolute atomic E-state index is 13.6. The van der Waals surface area contributed by atoms with Crippen molar-refractivity contribution in [2.45, 2.75) is 54.7 Å². The zero-order valence-corrected chi connectivity index (χ0v) is 23.4. The van der Waals surface area contributed by atoms with Crippen LogP contribution in [0.15, 0.2) is 76.5 Å². The molecule has 36 heavy (non-hydrogen) atoms. The van der Waals surface area contributed by atoms with E-state index in [1.54, 1.807) is 12.1 Å². The maximum atomic E-state index is 13.6. The van der Waals surface area contributed by atoms with Crippen molar-refractivity contribution in [2.75, 3.05) is 0 Å². The third kappa shape index (κ3) is 9.16. The van der Waals surface area contributed by atoms with Gasteiger partial charge in [-0.2, -0.15) is 0 Å². The first kappa shape index (κ1) is 29.7. The summed E-state index contributed by atoms with van der Waals surface area (Å²) in [5, 5.41) is 3.08. The molecular weight excluding hydrogens is 497 g/mol. The monoisotopic (exact) mass is 530 g/mol. The first-order chi connectivity index (χ1) is 17.0. The van der Waals surface area contributed by atoms with Crippen LogP contribution in [-0.4, -0.2) is 29.9 Å². The molecule has 0 radical (unpaired) electrons. The Hall–Kier alpha value is -2.53. The van der Waals surface area contributed by atoms with E-state index in [4.69, 9.17) is 4.74 Å². The van der Waals surface area contributed by atoms with Gasteiger partial charge in [0, 0.05) is 11.6 Å².